The standard InChI is InChI=1S/C17H18BrNO/c18-13-8-9-14(19-11-13)10-17(20)16-7-3-5-12-4-1-2-6-15(12)16/h1-2,4,6,8-9,11,16-17,20H,3,5,7,10H2. The highest BCUT2D eigenvalue weighted by molar-refractivity contribution is 9.10. The summed E-state index contributed by atoms with van der Waals surface area (Å²) < 4.78 is 0.971. The number of hydrogen-bond acceptors (Lipinski definition) is 2. The summed E-state index contributed by atoms with van der Waals surface area (Å²) >= 11 is 3.38. The molecule has 2 atom stereocenters. The maximum absolute atomic E-state index is 10.6. The van der Waals surface area contributed by atoms with Gasteiger partial charge in [-0.3, -0.25) is 4.98 Å². The highest BCUT2D eigenvalue weighted by Crippen LogP contribution is 2.34. The largest absolute Gasteiger partial charge is 0.392 e. The summed E-state index contributed by atoms with van der Waals surface area (Å²) in [5, 5.41) is 10.6. The Morgan fingerprint density at radius 3 is 2.90 bits per heavy atom. The molecule has 1 aromatic carbocycles. The number of benzene rings is 1. The predicted octanol–water partition coefficient (Wildman–Crippen LogP) is 3.87. The third kappa shape index (κ3) is 2.94. The van der Waals surface area contributed by atoms with E-state index in [4.69, 9.17) is 0 Å². The fraction of sp³-hybridized carbons (Fsp3) is 0.353. The summed E-state index contributed by atoms with van der Waals surface area (Å²) in [6.45, 7) is 0. The van der Waals surface area contributed by atoms with E-state index in [-0.39, 0.29) is 12.0 Å². The molecule has 0 saturated heterocycles. The molecule has 1 N–H and O–H groups in total. The molecule has 0 spiro atoms. The summed E-state index contributed by atoms with van der Waals surface area (Å²) in [7, 11) is 0. The van der Waals surface area contributed by atoms with Crippen molar-refractivity contribution < 1.29 is 5.11 Å². The van der Waals surface area contributed by atoms with Crippen molar-refractivity contribution in [2.24, 2.45) is 0 Å². The Balaban J connectivity index is 1.78. The van der Waals surface area contributed by atoms with Gasteiger partial charge >= 0.3 is 0 Å². The number of aryl methyl sites for hydroxylation is 1. The molecule has 0 bridgehead atoms. The first-order chi connectivity index (χ1) is 9.74. The monoisotopic (exact) mass is 331 g/mol. The first-order valence-corrected chi connectivity index (χ1v) is 7.89. The maximum Gasteiger partial charge on any atom is 0.0664 e. The van der Waals surface area contributed by atoms with E-state index in [1.54, 1.807) is 6.20 Å². The van der Waals surface area contributed by atoms with Crippen LogP contribution in [0.5, 0.6) is 0 Å². The fourth-order valence-electron chi connectivity index (χ4n) is 3.07. The van der Waals surface area contributed by atoms with Gasteiger partial charge < -0.3 is 5.11 Å². The van der Waals surface area contributed by atoms with E-state index in [1.165, 1.54) is 11.1 Å². The van der Waals surface area contributed by atoms with Gasteiger partial charge in [-0.15, -0.1) is 0 Å². The van der Waals surface area contributed by atoms with Gasteiger partial charge in [0.05, 0.1) is 6.10 Å². The molecule has 2 nitrogen and oxygen atoms in total. The number of rotatable bonds is 3. The second-order valence-corrected chi connectivity index (χ2v) is 6.35. The average Bonchev–Trinajstić information content (AvgIpc) is 2.49. The normalized spacial score (nSPS) is 19.4. The van der Waals surface area contributed by atoms with Gasteiger partial charge in [0.2, 0.25) is 0 Å². The third-order valence-corrected chi connectivity index (χ3v) is 4.56. The SMILES string of the molecule is OC(Cc1ccc(Br)cn1)C1CCCc2ccccc21. The van der Waals surface area contributed by atoms with Crippen molar-refractivity contribution in [3.05, 3.63) is 63.9 Å². The second-order valence-electron chi connectivity index (χ2n) is 5.44. The number of hydrogen-bond donors (Lipinski definition) is 1. The van der Waals surface area contributed by atoms with Crippen LogP contribution in [-0.2, 0) is 12.8 Å². The number of aliphatic hydroxyl groups excluding tert-OH is 1. The van der Waals surface area contributed by atoms with Crippen molar-refractivity contribution in [3.8, 4) is 0 Å². The predicted molar refractivity (Wildman–Crippen MR) is 83.8 cm³/mol. The smallest absolute Gasteiger partial charge is 0.0664 e. The van der Waals surface area contributed by atoms with Crippen molar-refractivity contribution in [2.45, 2.75) is 37.7 Å². The number of aromatic nitrogens is 1. The van der Waals surface area contributed by atoms with E-state index in [2.05, 4.69) is 45.2 Å². The summed E-state index contributed by atoms with van der Waals surface area (Å²) in [6, 6.07) is 12.5. The molecule has 1 aliphatic carbocycles. The van der Waals surface area contributed by atoms with Gasteiger partial charge in [0.1, 0.15) is 0 Å². The topological polar surface area (TPSA) is 33.1 Å². The molecule has 2 aromatic rings. The number of halogens is 1. The number of nitrogens with zero attached hydrogens (tertiary/aromatic N) is 1. The number of fused-ring (bicyclic) bond motifs is 1. The molecular formula is C17H18BrNO. The molecule has 20 heavy (non-hydrogen) atoms. The molecule has 0 radical (unpaired) electrons. The quantitative estimate of drug-likeness (QED) is 0.926. The Labute approximate surface area is 128 Å². The van der Waals surface area contributed by atoms with Crippen LogP contribution in [0.2, 0.25) is 0 Å². The van der Waals surface area contributed by atoms with Crippen molar-refractivity contribution >= 4 is 15.9 Å². The van der Waals surface area contributed by atoms with Crippen LogP contribution in [0.3, 0.4) is 0 Å². The summed E-state index contributed by atoms with van der Waals surface area (Å²) in [4.78, 5) is 4.36. The third-order valence-electron chi connectivity index (χ3n) is 4.09. The van der Waals surface area contributed by atoms with Gasteiger partial charge in [-0.1, -0.05) is 24.3 Å². The van der Waals surface area contributed by atoms with Gasteiger partial charge in [0.15, 0.2) is 0 Å². The van der Waals surface area contributed by atoms with Crippen LogP contribution in [0.15, 0.2) is 47.1 Å². The molecule has 1 aliphatic rings. The minimum absolute atomic E-state index is 0.241. The summed E-state index contributed by atoms with van der Waals surface area (Å²) in [5.74, 6) is 0.241. The van der Waals surface area contributed by atoms with Crippen molar-refractivity contribution in [1.82, 2.24) is 4.98 Å². The molecule has 1 aromatic heterocycles. The van der Waals surface area contributed by atoms with Crippen LogP contribution in [0.25, 0.3) is 0 Å². The van der Waals surface area contributed by atoms with Gasteiger partial charge in [-0.25, -0.2) is 0 Å². The molecule has 0 saturated carbocycles. The van der Waals surface area contributed by atoms with Crippen molar-refractivity contribution in [3.63, 3.8) is 0 Å². The van der Waals surface area contributed by atoms with E-state index in [9.17, 15) is 5.11 Å². The van der Waals surface area contributed by atoms with E-state index in [0.29, 0.717) is 6.42 Å². The highest BCUT2D eigenvalue weighted by atomic mass is 79.9. The number of pyridine rings is 1. The van der Waals surface area contributed by atoms with Crippen LogP contribution >= 0.6 is 15.9 Å². The van der Waals surface area contributed by atoms with Crippen LogP contribution in [0.4, 0.5) is 0 Å². The van der Waals surface area contributed by atoms with Gasteiger partial charge in [-0.2, -0.15) is 0 Å². The van der Waals surface area contributed by atoms with Crippen LogP contribution < -0.4 is 0 Å². The van der Waals surface area contributed by atoms with Crippen molar-refractivity contribution in [1.29, 1.82) is 0 Å². The Kier molecular flexibility index (Phi) is 4.18. The molecule has 0 amide bonds. The first kappa shape index (κ1) is 13.8. The van der Waals surface area contributed by atoms with E-state index in [0.717, 1.165) is 29.4 Å². The lowest BCUT2D eigenvalue weighted by atomic mass is 9.79. The van der Waals surface area contributed by atoms with Gasteiger partial charge in [-0.05, 0) is 58.5 Å². The van der Waals surface area contributed by atoms with E-state index >= 15 is 0 Å². The number of aliphatic hydroxyl groups is 1. The molecule has 0 aliphatic heterocycles. The Hall–Kier alpha value is -1.19. The van der Waals surface area contributed by atoms with Gasteiger partial charge in [0.25, 0.3) is 0 Å². The zero-order valence-corrected chi connectivity index (χ0v) is 12.9. The van der Waals surface area contributed by atoms with Crippen LogP contribution in [0.1, 0.15) is 35.6 Å². The highest BCUT2D eigenvalue weighted by Gasteiger charge is 2.26. The molecule has 1 heterocycles. The summed E-state index contributed by atoms with van der Waals surface area (Å²) in [6.07, 6.45) is 5.41. The van der Waals surface area contributed by atoms with Crippen LogP contribution in [-0.4, -0.2) is 16.2 Å². The molecule has 0 fully saturated rings. The Morgan fingerprint density at radius 1 is 1.25 bits per heavy atom. The Bertz CT molecular complexity index is 582. The van der Waals surface area contributed by atoms with Gasteiger partial charge in [0, 0.05) is 28.7 Å². The lowest BCUT2D eigenvalue weighted by Gasteiger charge is -2.29. The Morgan fingerprint density at radius 2 is 2.10 bits per heavy atom. The summed E-state index contributed by atoms with van der Waals surface area (Å²) in [5.41, 5.74) is 3.67. The molecular weight excluding hydrogens is 314 g/mol. The first-order valence-electron chi connectivity index (χ1n) is 7.10. The van der Waals surface area contributed by atoms with E-state index < -0.39 is 0 Å². The van der Waals surface area contributed by atoms with Crippen LogP contribution in [0, 0.1) is 0 Å². The zero-order chi connectivity index (χ0) is 13.9. The fourth-order valence-corrected chi connectivity index (χ4v) is 3.31. The zero-order valence-electron chi connectivity index (χ0n) is 11.3. The maximum atomic E-state index is 10.6. The van der Waals surface area contributed by atoms with E-state index in [1.807, 2.05) is 12.1 Å². The molecule has 104 valence electrons. The molecule has 2 unspecified atom stereocenters. The lowest BCUT2D eigenvalue weighted by molar-refractivity contribution is 0.133. The van der Waals surface area contributed by atoms with Crippen molar-refractivity contribution in [2.75, 3.05) is 0 Å². The molecule has 3 heteroatoms. The molecule has 3 rings (SSSR count). The average molecular weight is 332 g/mol. The minimum atomic E-state index is -0.356. The second kappa shape index (κ2) is 6.06. The minimum Gasteiger partial charge on any atom is -0.392 e. The lowest BCUT2D eigenvalue weighted by Crippen LogP contribution is -2.25.